The molecule has 7 rings (SSSR count). The Kier molecular flexibility index (Phi) is 8.50. The topological polar surface area (TPSA) is 116 Å². The number of H-pyrrole nitrogens is 1. The number of nitrogens with one attached hydrogen (secondary N) is 1. The van der Waals surface area contributed by atoms with E-state index in [0.717, 1.165) is 58.1 Å². The Morgan fingerprint density at radius 2 is 1.94 bits per heavy atom. The van der Waals surface area contributed by atoms with Gasteiger partial charge in [0.2, 0.25) is 5.88 Å². The predicted molar refractivity (Wildman–Crippen MR) is 187 cm³/mol. The number of benzene rings is 2. The van der Waals surface area contributed by atoms with Gasteiger partial charge in [-0.2, -0.15) is 15.5 Å². The maximum absolute atomic E-state index is 17.3. The number of amides is 1. The molecule has 3 aromatic heterocycles. The van der Waals surface area contributed by atoms with Crippen LogP contribution in [0.5, 0.6) is 5.88 Å². The average Bonchev–Trinajstić information content (AvgIpc) is 3.84. The van der Waals surface area contributed by atoms with Crippen LogP contribution in [0.3, 0.4) is 0 Å². The predicted octanol–water partition coefficient (Wildman–Crippen LogP) is 6.52. The largest absolute Gasteiger partial charge is 0.472 e. The van der Waals surface area contributed by atoms with E-state index in [1.54, 1.807) is 24.2 Å². The molecular weight excluding hydrogens is 619 g/mol. The number of pyridine rings is 1. The van der Waals surface area contributed by atoms with E-state index in [0.29, 0.717) is 41.6 Å². The van der Waals surface area contributed by atoms with Gasteiger partial charge in [-0.25, -0.2) is 9.37 Å². The van der Waals surface area contributed by atoms with Crippen molar-refractivity contribution >= 4 is 38.6 Å². The summed E-state index contributed by atoms with van der Waals surface area (Å²) in [6.07, 6.45) is 6.76. The van der Waals surface area contributed by atoms with Crippen molar-refractivity contribution in [2.24, 2.45) is 0 Å². The van der Waals surface area contributed by atoms with Crippen LogP contribution in [0.1, 0.15) is 68.7 Å². The summed E-state index contributed by atoms with van der Waals surface area (Å²) in [5.41, 5.74) is 5.88. The molecule has 1 unspecified atom stereocenters. The number of hydrogen-bond acceptors (Lipinski definition) is 7. The lowest BCUT2D eigenvalue weighted by Gasteiger charge is -2.37. The molecule has 2 aliphatic heterocycles. The van der Waals surface area contributed by atoms with Crippen molar-refractivity contribution in [2.45, 2.75) is 91.0 Å². The number of rotatable bonds is 6. The van der Waals surface area contributed by atoms with Crippen molar-refractivity contribution in [3.05, 3.63) is 47.0 Å². The molecule has 2 aromatic carbocycles. The number of carbonyl (C=O) groups is 1. The molecule has 0 bridgehead atoms. The lowest BCUT2D eigenvalue weighted by atomic mass is 9.89. The Morgan fingerprint density at radius 1 is 1.12 bits per heavy atom. The van der Waals surface area contributed by atoms with E-state index in [-0.39, 0.29) is 42.1 Å². The molecule has 0 spiro atoms. The first kappa shape index (κ1) is 32.5. The Balaban J connectivity index is 1.43. The average molecular weight is 661 g/mol. The molecule has 5 heterocycles. The first-order chi connectivity index (χ1) is 23.6. The summed E-state index contributed by atoms with van der Waals surface area (Å²) in [5.74, 6) is 4.99. The zero-order valence-electron chi connectivity index (χ0n) is 28.9. The highest BCUT2D eigenvalue weighted by molar-refractivity contribution is 6.09. The van der Waals surface area contributed by atoms with Crippen LogP contribution in [-0.2, 0) is 4.79 Å². The molecule has 2 saturated heterocycles. The third kappa shape index (κ3) is 5.47. The molecule has 5 aromatic rings. The highest BCUT2D eigenvalue weighted by Crippen LogP contribution is 2.43. The number of likely N-dealkylation sites (N-methyl/N-ethyl adjacent to an activating group) is 1. The number of aromatic amines is 1. The van der Waals surface area contributed by atoms with Crippen LogP contribution in [0.4, 0.5) is 4.39 Å². The van der Waals surface area contributed by atoms with Gasteiger partial charge in [-0.15, -0.1) is 0 Å². The van der Waals surface area contributed by atoms with Crippen molar-refractivity contribution in [2.75, 3.05) is 20.1 Å². The summed E-state index contributed by atoms with van der Waals surface area (Å²) in [6.45, 7) is 11.1. The maximum atomic E-state index is 17.3. The van der Waals surface area contributed by atoms with Gasteiger partial charge in [-0.3, -0.25) is 19.5 Å². The minimum atomic E-state index is -0.419. The van der Waals surface area contributed by atoms with E-state index in [9.17, 15) is 10.1 Å². The van der Waals surface area contributed by atoms with Crippen LogP contribution >= 0.6 is 0 Å². The van der Waals surface area contributed by atoms with Gasteiger partial charge in [-0.05, 0) is 114 Å². The Labute approximate surface area is 285 Å². The molecule has 2 fully saturated rings. The summed E-state index contributed by atoms with van der Waals surface area (Å²) in [4.78, 5) is 21.8. The van der Waals surface area contributed by atoms with Crippen molar-refractivity contribution < 1.29 is 13.9 Å². The Bertz CT molecular complexity index is 2220. The second-order valence-corrected chi connectivity index (χ2v) is 13.7. The van der Waals surface area contributed by atoms with Crippen LogP contribution < -0.4 is 4.74 Å². The van der Waals surface area contributed by atoms with Gasteiger partial charge < -0.3 is 9.64 Å². The maximum Gasteiger partial charge on any atom is 0.298 e. The number of likely N-dealkylation sites (tertiary alicyclic amines) is 2. The molecule has 1 N–H and O–H groups in total. The zero-order chi connectivity index (χ0) is 34.6. The number of aromatic nitrogens is 5. The highest BCUT2D eigenvalue weighted by atomic mass is 19.1. The summed E-state index contributed by atoms with van der Waals surface area (Å²) >= 11 is 0. The van der Waals surface area contributed by atoms with Crippen LogP contribution in [-0.4, -0.2) is 79.0 Å². The van der Waals surface area contributed by atoms with Gasteiger partial charge in [0.05, 0.1) is 47.3 Å². The van der Waals surface area contributed by atoms with Gasteiger partial charge in [0.25, 0.3) is 5.91 Å². The van der Waals surface area contributed by atoms with Crippen LogP contribution in [0.25, 0.3) is 43.8 Å². The molecule has 1 amide bonds. The molecule has 4 atom stereocenters. The number of ether oxygens (including phenoxy) is 1. The molecule has 10 nitrogen and oxygen atoms in total. The fourth-order valence-electron chi connectivity index (χ4n) is 8.11. The number of halogens is 1. The number of piperidine rings is 1. The Hall–Kier alpha value is -5.00. The van der Waals surface area contributed by atoms with E-state index >= 15 is 4.39 Å². The van der Waals surface area contributed by atoms with Crippen molar-refractivity contribution in [3.63, 3.8) is 0 Å². The third-order valence-electron chi connectivity index (χ3n) is 10.7. The quantitative estimate of drug-likeness (QED) is 0.206. The molecule has 0 saturated carbocycles. The third-order valence-corrected chi connectivity index (χ3v) is 10.7. The first-order valence-corrected chi connectivity index (χ1v) is 17.0. The van der Waals surface area contributed by atoms with Gasteiger partial charge in [0.1, 0.15) is 11.6 Å². The van der Waals surface area contributed by atoms with Crippen LogP contribution in [0.2, 0.25) is 0 Å². The smallest absolute Gasteiger partial charge is 0.298 e. The highest BCUT2D eigenvalue weighted by Gasteiger charge is 2.35. The summed E-state index contributed by atoms with van der Waals surface area (Å²) < 4.78 is 25.9. The number of nitrogens with zero attached hydrogens (tertiary/aromatic N) is 7. The van der Waals surface area contributed by atoms with Gasteiger partial charge in [0, 0.05) is 35.0 Å². The minimum absolute atomic E-state index is 0.140. The normalized spacial score (nSPS) is 20.4. The number of carbonyl (C=O) groups excluding carboxylic acids is 1. The fourth-order valence-corrected chi connectivity index (χ4v) is 8.11. The number of nitriles is 1. The number of aryl methyl sites for hydroxylation is 2. The van der Waals surface area contributed by atoms with E-state index in [1.807, 2.05) is 37.6 Å². The van der Waals surface area contributed by atoms with E-state index in [1.165, 1.54) is 0 Å². The molecule has 0 aliphatic carbocycles. The fraction of sp³-hybridized carbons (Fsp3) is 0.447. The van der Waals surface area contributed by atoms with E-state index < -0.39 is 5.82 Å². The summed E-state index contributed by atoms with van der Waals surface area (Å²) in [7, 11) is 2.11. The van der Waals surface area contributed by atoms with E-state index in [2.05, 4.69) is 47.0 Å². The summed E-state index contributed by atoms with van der Waals surface area (Å²) in [6, 6.07) is 6.06. The lowest BCUT2D eigenvalue weighted by Crippen LogP contribution is -2.46. The van der Waals surface area contributed by atoms with E-state index in [4.69, 9.17) is 14.8 Å². The second-order valence-electron chi connectivity index (χ2n) is 13.7. The minimum Gasteiger partial charge on any atom is -0.472 e. The molecule has 2 aliphatic rings. The lowest BCUT2D eigenvalue weighted by molar-refractivity contribution is -0.129. The molecule has 49 heavy (non-hydrogen) atoms. The molecule has 11 heteroatoms. The van der Waals surface area contributed by atoms with Gasteiger partial charge >= 0.3 is 0 Å². The second kappa shape index (κ2) is 12.8. The Morgan fingerprint density at radius 3 is 2.67 bits per heavy atom. The standard InChI is InChI=1S/C38H41FN8O2/c1-7-9-32(48)46-15-12-26(18-25(46)11-13-40)47-37-27-16-22(3)33(34-23(4)21(2)17-30-28(34)19-41-44-30)35(39)36(27)43-38(29(37)20-42-47)49-24(5)31-10-8-14-45(31)6/h16-17,19-20,24-26,31H,8,10-12,14-15,18H2,1-6H3,(H,41,44)/t24?,25-,26+,31+/m1/s1. The molecule has 252 valence electrons. The summed E-state index contributed by atoms with van der Waals surface area (Å²) in [5, 5.41) is 24.1. The SMILES string of the molecule is CC#CC(=O)N1CC[C@H](n2ncc3c(OC(C)[C@@H]4CCCN4C)nc4c(F)c(-c5c(C)c(C)cc6[nH]ncc56)c(C)cc4c32)C[C@H]1CC#N. The monoisotopic (exact) mass is 660 g/mol. The number of hydrogen-bond donors (Lipinski definition) is 1. The number of fused-ring (bicyclic) bond motifs is 4. The van der Waals surface area contributed by atoms with Gasteiger partial charge in [0.15, 0.2) is 5.82 Å². The van der Waals surface area contributed by atoms with Crippen LogP contribution in [0, 0.1) is 49.8 Å². The van der Waals surface area contributed by atoms with Crippen molar-refractivity contribution in [3.8, 4) is 34.9 Å². The molecular formula is C38H41FN8O2. The first-order valence-electron chi connectivity index (χ1n) is 17.0. The molecule has 0 radical (unpaired) electrons. The zero-order valence-corrected chi connectivity index (χ0v) is 28.9. The van der Waals surface area contributed by atoms with Crippen LogP contribution in [0.15, 0.2) is 24.5 Å². The van der Waals surface area contributed by atoms with Gasteiger partial charge in [-0.1, -0.05) is 5.92 Å². The van der Waals surface area contributed by atoms with Crippen molar-refractivity contribution in [1.82, 2.24) is 34.8 Å². The van der Waals surface area contributed by atoms with Crippen molar-refractivity contribution in [1.29, 1.82) is 5.26 Å².